The maximum Gasteiger partial charge on any atom is 0.274 e. The molecule has 0 spiro atoms. The Balaban J connectivity index is 1.93. The normalized spacial score (nSPS) is 16.4. The second kappa shape index (κ2) is 6.47. The van der Waals surface area contributed by atoms with Crippen LogP contribution in [0.2, 0.25) is 0 Å². The van der Waals surface area contributed by atoms with Crippen LogP contribution in [0.5, 0.6) is 0 Å². The van der Waals surface area contributed by atoms with Gasteiger partial charge in [0.25, 0.3) is 5.91 Å². The van der Waals surface area contributed by atoms with Crippen molar-refractivity contribution in [2.45, 2.75) is 12.8 Å². The van der Waals surface area contributed by atoms with Crippen molar-refractivity contribution in [1.29, 1.82) is 0 Å². The number of nitrogens with zero attached hydrogens (tertiary/aromatic N) is 3. The number of amides is 1. The Kier molecular flexibility index (Phi) is 4.68. The number of likely N-dealkylation sites (tertiary alicyclic amines) is 1. The van der Waals surface area contributed by atoms with Crippen LogP contribution in [0.1, 0.15) is 23.3 Å². The molecule has 0 bridgehead atoms. The Hall–Kier alpha value is -1.69. The number of methoxy groups -OCH3 is 1. The summed E-state index contributed by atoms with van der Waals surface area (Å²) in [6.07, 6.45) is 5.07. The lowest BCUT2D eigenvalue weighted by atomic mass is 9.97. The molecule has 0 saturated carbocycles. The summed E-state index contributed by atoms with van der Waals surface area (Å²) >= 11 is 0. The van der Waals surface area contributed by atoms with Crippen molar-refractivity contribution in [3.63, 3.8) is 0 Å². The number of ether oxygens (including phenoxy) is 1. The van der Waals surface area contributed by atoms with Crippen molar-refractivity contribution in [3.8, 4) is 0 Å². The second-order valence-corrected chi connectivity index (χ2v) is 4.73. The molecular weight excluding hydrogens is 244 g/mol. The molecule has 1 aliphatic rings. The highest BCUT2D eigenvalue weighted by Gasteiger charge is 2.24. The van der Waals surface area contributed by atoms with Crippen LogP contribution in [0.4, 0.5) is 5.82 Å². The van der Waals surface area contributed by atoms with E-state index in [4.69, 9.17) is 4.74 Å². The van der Waals surface area contributed by atoms with Crippen molar-refractivity contribution >= 4 is 11.7 Å². The Bertz CT molecular complexity index is 413. The second-order valence-electron chi connectivity index (χ2n) is 4.73. The van der Waals surface area contributed by atoms with Crippen molar-refractivity contribution in [2.24, 2.45) is 5.92 Å². The van der Waals surface area contributed by atoms with Gasteiger partial charge in [0, 0.05) is 33.9 Å². The zero-order chi connectivity index (χ0) is 13.7. The topological polar surface area (TPSA) is 67.4 Å². The van der Waals surface area contributed by atoms with Gasteiger partial charge in [-0.3, -0.25) is 4.79 Å². The number of carbonyl (C=O) groups excluding carboxylic acids is 1. The van der Waals surface area contributed by atoms with Crippen LogP contribution in [-0.4, -0.2) is 54.6 Å². The Morgan fingerprint density at radius 3 is 2.68 bits per heavy atom. The number of anilines is 1. The van der Waals surface area contributed by atoms with Gasteiger partial charge < -0.3 is 15.0 Å². The van der Waals surface area contributed by atoms with Gasteiger partial charge in [-0.15, -0.1) is 0 Å². The Morgan fingerprint density at radius 1 is 1.42 bits per heavy atom. The molecule has 2 rings (SSSR count). The molecule has 0 unspecified atom stereocenters. The minimum absolute atomic E-state index is 0.0361. The van der Waals surface area contributed by atoms with E-state index in [2.05, 4.69) is 15.3 Å². The smallest absolute Gasteiger partial charge is 0.274 e. The van der Waals surface area contributed by atoms with E-state index in [1.165, 1.54) is 6.20 Å². The van der Waals surface area contributed by atoms with Crippen LogP contribution in [0.25, 0.3) is 0 Å². The fourth-order valence-electron chi connectivity index (χ4n) is 2.27. The third-order valence-electron chi connectivity index (χ3n) is 3.43. The van der Waals surface area contributed by atoms with E-state index >= 15 is 0 Å². The Morgan fingerprint density at radius 2 is 2.16 bits per heavy atom. The van der Waals surface area contributed by atoms with E-state index in [-0.39, 0.29) is 5.91 Å². The molecular formula is C13H20N4O2. The van der Waals surface area contributed by atoms with Gasteiger partial charge in [0.2, 0.25) is 0 Å². The average molecular weight is 264 g/mol. The highest BCUT2D eigenvalue weighted by Crippen LogP contribution is 2.18. The fourth-order valence-corrected chi connectivity index (χ4v) is 2.27. The van der Waals surface area contributed by atoms with E-state index in [0.29, 0.717) is 17.4 Å². The molecule has 0 radical (unpaired) electrons. The highest BCUT2D eigenvalue weighted by atomic mass is 16.5. The van der Waals surface area contributed by atoms with Gasteiger partial charge >= 0.3 is 0 Å². The molecule has 1 saturated heterocycles. The SMILES string of the molecule is CNc1cnc(C(=O)N2CCC(COC)CC2)cn1. The molecule has 2 heterocycles. The molecule has 6 heteroatoms. The lowest BCUT2D eigenvalue weighted by Gasteiger charge is -2.31. The van der Waals surface area contributed by atoms with Crippen molar-refractivity contribution < 1.29 is 9.53 Å². The molecule has 6 nitrogen and oxygen atoms in total. The highest BCUT2D eigenvalue weighted by molar-refractivity contribution is 5.92. The van der Waals surface area contributed by atoms with Gasteiger partial charge in [-0.1, -0.05) is 0 Å². The minimum atomic E-state index is -0.0361. The molecule has 0 aliphatic carbocycles. The van der Waals surface area contributed by atoms with Crippen LogP contribution < -0.4 is 5.32 Å². The number of carbonyl (C=O) groups is 1. The molecule has 1 aromatic heterocycles. The molecule has 1 N–H and O–H groups in total. The summed E-state index contributed by atoms with van der Waals surface area (Å²) in [5.74, 6) is 1.19. The lowest BCUT2D eigenvalue weighted by Crippen LogP contribution is -2.39. The molecule has 19 heavy (non-hydrogen) atoms. The van der Waals surface area contributed by atoms with Gasteiger partial charge in [-0.25, -0.2) is 9.97 Å². The zero-order valence-corrected chi connectivity index (χ0v) is 11.4. The van der Waals surface area contributed by atoms with Crippen LogP contribution in [0.3, 0.4) is 0 Å². The lowest BCUT2D eigenvalue weighted by molar-refractivity contribution is 0.0608. The average Bonchev–Trinajstić information content (AvgIpc) is 2.48. The first-order chi connectivity index (χ1) is 9.24. The fraction of sp³-hybridized carbons (Fsp3) is 0.615. The maximum absolute atomic E-state index is 12.2. The largest absolute Gasteiger partial charge is 0.384 e. The van der Waals surface area contributed by atoms with Gasteiger partial charge in [0.15, 0.2) is 0 Å². The summed E-state index contributed by atoms with van der Waals surface area (Å²) in [6.45, 7) is 2.31. The molecule has 1 fully saturated rings. The summed E-state index contributed by atoms with van der Waals surface area (Å²) < 4.78 is 5.15. The van der Waals surface area contributed by atoms with Gasteiger partial charge in [0.05, 0.1) is 12.4 Å². The van der Waals surface area contributed by atoms with E-state index in [9.17, 15) is 4.79 Å². The van der Waals surface area contributed by atoms with Crippen LogP contribution >= 0.6 is 0 Å². The van der Waals surface area contributed by atoms with E-state index in [1.807, 2.05) is 4.90 Å². The van der Waals surface area contributed by atoms with E-state index in [1.54, 1.807) is 20.4 Å². The van der Waals surface area contributed by atoms with Crippen LogP contribution in [0.15, 0.2) is 12.4 Å². The van der Waals surface area contributed by atoms with Crippen LogP contribution in [-0.2, 0) is 4.74 Å². The number of aromatic nitrogens is 2. The standard InChI is InChI=1S/C13H20N4O2/c1-14-12-8-15-11(7-16-12)13(18)17-5-3-10(4-6-17)9-19-2/h7-8,10H,3-6,9H2,1-2H3,(H,14,16). The number of hydrogen-bond donors (Lipinski definition) is 1. The summed E-state index contributed by atoms with van der Waals surface area (Å²) in [4.78, 5) is 22.3. The molecule has 1 aliphatic heterocycles. The maximum atomic E-state index is 12.2. The first kappa shape index (κ1) is 13.7. The first-order valence-electron chi connectivity index (χ1n) is 6.52. The van der Waals surface area contributed by atoms with Crippen molar-refractivity contribution in [2.75, 3.05) is 39.2 Å². The molecule has 1 amide bonds. The minimum Gasteiger partial charge on any atom is -0.384 e. The summed E-state index contributed by atoms with van der Waals surface area (Å²) in [5.41, 5.74) is 0.407. The van der Waals surface area contributed by atoms with Gasteiger partial charge in [0.1, 0.15) is 11.5 Å². The number of rotatable bonds is 4. The molecule has 0 aromatic carbocycles. The molecule has 0 atom stereocenters. The molecule has 1 aromatic rings. The first-order valence-corrected chi connectivity index (χ1v) is 6.52. The number of piperidine rings is 1. The quantitative estimate of drug-likeness (QED) is 0.879. The zero-order valence-electron chi connectivity index (χ0n) is 11.4. The van der Waals surface area contributed by atoms with Gasteiger partial charge in [-0.05, 0) is 18.8 Å². The number of hydrogen-bond acceptors (Lipinski definition) is 5. The molecule has 104 valence electrons. The third kappa shape index (κ3) is 3.41. The van der Waals surface area contributed by atoms with Gasteiger partial charge in [-0.2, -0.15) is 0 Å². The third-order valence-corrected chi connectivity index (χ3v) is 3.43. The predicted octanol–water partition coefficient (Wildman–Crippen LogP) is 1.02. The summed E-state index contributed by atoms with van der Waals surface area (Å²) in [5, 5.41) is 2.88. The van der Waals surface area contributed by atoms with Crippen molar-refractivity contribution in [1.82, 2.24) is 14.9 Å². The summed E-state index contributed by atoms with van der Waals surface area (Å²) in [6, 6.07) is 0. The summed E-state index contributed by atoms with van der Waals surface area (Å²) in [7, 11) is 3.49. The Labute approximate surface area is 113 Å². The predicted molar refractivity (Wildman–Crippen MR) is 72.1 cm³/mol. The monoisotopic (exact) mass is 264 g/mol. The van der Waals surface area contributed by atoms with E-state index < -0.39 is 0 Å². The van der Waals surface area contributed by atoms with Crippen molar-refractivity contribution in [3.05, 3.63) is 18.1 Å². The van der Waals surface area contributed by atoms with Crippen LogP contribution in [0, 0.1) is 5.92 Å². The number of nitrogens with one attached hydrogen (secondary N) is 1. The van der Waals surface area contributed by atoms with E-state index in [0.717, 1.165) is 32.5 Å².